The molecule has 1 aromatic heterocycles. The Balaban J connectivity index is 1.92. The maximum atomic E-state index is 11.7. The van der Waals surface area contributed by atoms with E-state index < -0.39 is 10.8 Å². The number of nitrogens with one attached hydrogen (secondary N) is 1. The smallest absolute Gasteiger partial charge is 0.273 e. The van der Waals surface area contributed by atoms with E-state index in [0.29, 0.717) is 29.2 Å². The zero-order chi connectivity index (χ0) is 21.3. The monoisotopic (exact) mass is 403 g/mol. The van der Waals surface area contributed by atoms with Crippen molar-refractivity contribution in [2.24, 2.45) is 5.73 Å². The number of para-hydroxylation sites is 1. The second-order valence-corrected chi connectivity index (χ2v) is 6.52. The van der Waals surface area contributed by atoms with Gasteiger partial charge in [-0.05, 0) is 31.2 Å². The summed E-state index contributed by atoms with van der Waals surface area (Å²) in [5.41, 5.74) is 8.11. The summed E-state index contributed by atoms with van der Waals surface area (Å²) in [7, 11) is 0. The van der Waals surface area contributed by atoms with Gasteiger partial charge >= 0.3 is 0 Å². The standard InChI is InChI=1S/C21H17N5O4/c1-2-29-13-9-7-12(8-10-13)19-18-17(14-5-3-4-6-16(14)26(27)28)15(11-22)20(23)30-21(18)25-24-19/h3-10,17H,2,23H2,1H3,(H,24,25)/t17-/m1/s1. The largest absolute Gasteiger partial charge is 0.494 e. The molecule has 0 fully saturated rings. The minimum Gasteiger partial charge on any atom is -0.494 e. The highest BCUT2D eigenvalue weighted by molar-refractivity contribution is 5.72. The van der Waals surface area contributed by atoms with Crippen LogP contribution in [0.1, 0.15) is 24.0 Å². The van der Waals surface area contributed by atoms with Crippen molar-refractivity contribution in [3.63, 3.8) is 0 Å². The second kappa shape index (κ2) is 7.60. The van der Waals surface area contributed by atoms with Crippen molar-refractivity contribution >= 4 is 5.69 Å². The lowest BCUT2D eigenvalue weighted by Crippen LogP contribution is -2.21. The number of allylic oxidation sites excluding steroid dienone is 1. The van der Waals surface area contributed by atoms with Crippen LogP contribution in [0.25, 0.3) is 11.3 Å². The number of nitrogens with zero attached hydrogens (tertiary/aromatic N) is 3. The molecule has 0 amide bonds. The predicted octanol–water partition coefficient (Wildman–Crippen LogP) is 3.60. The first kappa shape index (κ1) is 19.0. The van der Waals surface area contributed by atoms with E-state index >= 15 is 0 Å². The number of nitro benzene ring substituents is 1. The summed E-state index contributed by atoms with van der Waals surface area (Å²) in [6, 6.07) is 15.6. The first-order chi connectivity index (χ1) is 14.5. The molecule has 2 heterocycles. The Morgan fingerprint density at radius 2 is 2.03 bits per heavy atom. The van der Waals surface area contributed by atoms with Gasteiger partial charge < -0.3 is 15.2 Å². The molecular weight excluding hydrogens is 386 g/mol. The minimum absolute atomic E-state index is 0.0883. The van der Waals surface area contributed by atoms with E-state index in [0.717, 1.165) is 5.56 Å². The molecule has 9 heteroatoms. The molecule has 2 aromatic carbocycles. The van der Waals surface area contributed by atoms with E-state index in [4.69, 9.17) is 15.2 Å². The lowest BCUT2D eigenvalue weighted by Gasteiger charge is -2.23. The van der Waals surface area contributed by atoms with Crippen molar-refractivity contribution < 1.29 is 14.4 Å². The molecule has 1 aliphatic heterocycles. The highest BCUT2D eigenvalue weighted by Crippen LogP contribution is 2.47. The fraction of sp³-hybridized carbons (Fsp3) is 0.143. The third-order valence-electron chi connectivity index (χ3n) is 4.84. The highest BCUT2D eigenvalue weighted by Gasteiger charge is 2.38. The number of aromatic nitrogens is 2. The van der Waals surface area contributed by atoms with Gasteiger partial charge in [0.2, 0.25) is 11.8 Å². The number of hydrogen-bond donors (Lipinski definition) is 2. The number of ether oxygens (including phenoxy) is 2. The van der Waals surface area contributed by atoms with Crippen molar-refractivity contribution in [3.05, 3.63) is 81.2 Å². The quantitative estimate of drug-likeness (QED) is 0.490. The van der Waals surface area contributed by atoms with Crippen molar-refractivity contribution in [1.82, 2.24) is 10.2 Å². The third kappa shape index (κ3) is 3.10. The van der Waals surface area contributed by atoms with Crippen molar-refractivity contribution in [2.75, 3.05) is 6.61 Å². The third-order valence-corrected chi connectivity index (χ3v) is 4.84. The van der Waals surface area contributed by atoms with E-state index in [1.165, 1.54) is 6.07 Å². The van der Waals surface area contributed by atoms with E-state index in [1.54, 1.807) is 18.2 Å². The summed E-state index contributed by atoms with van der Waals surface area (Å²) in [4.78, 5) is 11.2. The summed E-state index contributed by atoms with van der Waals surface area (Å²) in [6.45, 7) is 2.44. The molecule has 0 radical (unpaired) electrons. The molecule has 30 heavy (non-hydrogen) atoms. The minimum atomic E-state index is -0.805. The van der Waals surface area contributed by atoms with Crippen LogP contribution in [0.3, 0.4) is 0 Å². The van der Waals surface area contributed by atoms with Crippen molar-refractivity contribution in [2.45, 2.75) is 12.8 Å². The van der Waals surface area contributed by atoms with Crippen LogP contribution in [-0.2, 0) is 0 Å². The molecule has 0 spiro atoms. The van der Waals surface area contributed by atoms with Crippen LogP contribution < -0.4 is 15.2 Å². The van der Waals surface area contributed by atoms with Gasteiger partial charge in [0.25, 0.3) is 5.69 Å². The maximum absolute atomic E-state index is 11.7. The average Bonchev–Trinajstić information content (AvgIpc) is 3.16. The number of benzene rings is 2. The van der Waals surface area contributed by atoms with E-state index in [2.05, 4.69) is 10.2 Å². The van der Waals surface area contributed by atoms with Gasteiger partial charge in [0.05, 0.1) is 28.7 Å². The van der Waals surface area contributed by atoms with Gasteiger partial charge in [-0.2, -0.15) is 5.26 Å². The number of hydrogen-bond acceptors (Lipinski definition) is 7. The Hall–Kier alpha value is -4.32. The Labute approximate surface area is 171 Å². The van der Waals surface area contributed by atoms with Gasteiger partial charge in [0, 0.05) is 17.2 Å². The first-order valence-electron chi connectivity index (χ1n) is 9.17. The highest BCUT2D eigenvalue weighted by atomic mass is 16.6. The summed E-state index contributed by atoms with van der Waals surface area (Å²) in [6.07, 6.45) is 0. The first-order valence-corrected chi connectivity index (χ1v) is 9.17. The number of aromatic amines is 1. The van der Waals surface area contributed by atoms with Crippen LogP contribution in [0.2, 0.25) is 0 Å². The van der Waals surface area contributed by atoms with Gasteiger partial charge in [-0.25, -0.2) is 0 Å². The molecule has 3 aromatic rings. The Morgan fingerprint density at radius 1 is 1.30 bits per heavy atom. The summed E-state index contributed by atoms with van der Waals surface area (Å²) < 4.78 is 11.0. The Bertz CT molecular complexity index is 1190. The average molecular weight is 403 g/mol. The Kier molecular flexibility index (Phi) is 4.82. The fourth-order valence-electron chi connectivity index (χ4n) is 3.56. The van der Waals surface area contributed by atoms with E-state index in [9.17, 15) is 15.4 Å². The molecule has 3 N–H and O–H groups in total. The molecule has 0 unspecified atom stereocenters. The van der Waals surface area contributed by atoms with Crippen LogP contribution in [0.4, 0.5) is 5.69 Å². The summed E-state index contributed by atoms with van der Waals surface area (Å²) in [5, 5.41) is 28.5. The molecule has 1 aliphatic rings. The van der Waals surface area contributed by atoms with Gasteiger partial charge in [-0.1, -0.05) is 18.2 Å². The number of nitrogens with two attached hydrogens (primary N) is 1. The Morgan fingerprint density at radius 3 is 2.70 bits per heavy atom. The lowest BCUT2D eigenvalue weighted by molar-refractivity contribution is -0.385. The molecule has 0 bridgehead atoms. The van der Waals surface area contributed by atoms with Crippen LogP contribution >= 0.6 is 0 Å². The van der Waals surface area contributed by atoms with Gasteiger partial charge in [-0.3, -0.25) is 15.2 Å². The number of nitro groups is 1. The molecule has 4 rings (SSSR count). The fourth-order valence-corrected chi connectivity index (χ4v) is 3.56. The summed E-state index contributed by atoms with van der Waals surface area (Å²) >= 11 is 0. The van der Waals surface area contributed by atoms with Crippen molar-refractivity contribution in [3.8, 4) is 29.0 Å². The normalized spacial score (nSPS) is 15.1. The molecule has 150 valence electrons. The topological polar surface area (TPSA) is 140 Å². The molecule has 1 atom stereocenters. The zero-order valence-corrected chi connectivity index (χ0v) is 16.0. The van der Waals surface area contributed by atoms with E-state index in [-0.39, 0.29) is 23.0 Å². The molecule has 0 saturated heterocycles. The number of H-pyrrole nitrogens is 1. The predicted molar refractivity (Wildman–Crippen MR) is 108 cm³/mol. The maximum Gasteiger partial charge on any atom is 0.273 e. The molecule has 0 saturated carbocycles. The second-order valence-electron chi connectivity index (χ2n) is 6.52. The van der Waals surface area contributed by atoms with Crippen LogP contribution in [-0.4, -0.2) is 21.7 Å². The molecule has 9 nitrogen and oxygen atoms in total. The van der Waals surface area contributed by atoms with Gasteiger partial charge in [-0.15, -0.1) is 5.10 Å². The number of rotatable bonds is 5. The number of fused-ring (bicyclic) bond motifs is 1. The summed E-state index contributed by atoms with van der Waals surface area (Å²) in [5.74, 6) is -0.0416. The molecular formula is C21H17N5O4. The lowest BCUT2D eigenvalue weighted by atomic mass is 9.82. The van der Waals surface area contributed by atoms with Gasteiger partial charge in [0.15, 0.2) is 0 Å². The SMILES string of the molecule is CCOc1ccc(-c2[nH]nc3c2[C@H](c2ccccc2[N+](=O)[O-])C(C#N)=C(N)O3)cc1. The van der Waals surface area contributed by atoms with Crippen LogP contribution in [0.15, 0.2) is 60.0 Å². The van der Waals surface area contributed by atoms with Crippen LogP contribution in [0, 0.1) is 21.4 Å². The van der Waals surface area contributed by atoms with Crippen LogP contribution in [0.5, 0.6) is 11.6 Å². The van der Waals surface area contributed by atoms with Crippen molar-refractivity contribution in [1.29, 1.82) is 5.26 Å². The number of nitriles is 1. The molecule has 0 aliphatic carbocycles. The van der Waals surface area contributed by atoms with Gasteiger partial charge in [0.1, 0.15) is 17.4 Å². The van der Waals surface area contributed by atoms with E-state index in [1.807, 2.05) is 37.3 Å². The zero-order valence-electron chi connectivity index (χ0n) is 16.0.